The van der Waals surface area contributed by atoms with Crippen molar-refractivity contribution in [3.8, 4) is 17.2 Å². The van der Waals surface area contributed by atoms with Crippen LogP contribution in [0.1, 0.15) is 42.1 Å². The van der Waals surface area contributed by atoms with Crippen LogP contribution in [0.2, 0.25) is 0 Å². The molecule has 29 heavy (non-hydrogen) atoms. The Bertz CT molecular complexity index is 1130. The summed E-state index contributed by atoms with van der Waals surface area (Å²) in [5.74, 6) is 3.78. The second-order valence-electron chi connectivity index (χ2n) is 7.48. The van der Waals surface area contributed by atoms with Gasteiger partial charge in [-0.05, 0) is 37.1 Å². The Balaban J connectivity index is 1.48. The highest BCUT2D eigenvalue weighted by Gasteiger charge is 2.32. The van der Waals surface area contributed by atoms with Gasteiger partial charge in [-0.3, -0.25) is 0 Å². The molecule has 1 atom stereocenters. The summed E-state index contributed by atoms with van der Waals surface area (Å²) >= 11 is 0. The predicted octanol–water partition coefficient (Wildman–Crippen LogP) is 3.23. The van der Waals surface area contributed by atoms with Crippen molar-refractivity contribution in [1.29, 1.82) is 0 Å². The first kappa shape index (κ1) is 16.4. The van der Waals surface area contributed by atoms with E-state index in [2.05, 4.69) is 26.9 Å². The van der Waals surface area contributed by atoms with Gasteiger partial charge in [0.1, 0.15) is 0 Å². The molecule has 6 rings (SSSR count). The molecule has 1 saturated carbocycles. The Morgan fingerprint density at radius 1 is 1.14 bits per heavy atom. The van der Waals surface area contributed by atoms with Gasteiger partial charge in [0.05, 0.1) is 18.1 Å². The lowest BCUT2D eigenvalue weighted by molar-refractivity contribution is 0.174. The number of H-pyrrole nitrogens is 1. The fourth-order valence-corrected chi connectivity index (χ4v) is 3.77. The zero-order valence-corrected chi connectivity index (χ0v) is 15.7. The molecule has 2 aliphatic rings. The highest BCUT2D eigenvalue weighted by Crippen LogP contribution is 2.40. The summed E-state index contributed by atoms with van der Waals surface area (Å²) in [6.45, 7) is 0.252. The van der Waals surface area contributed by atoms with Crippen molar-refractivity contribution in [1.82, 2.24) is 29.3 Å². The van der Waals surface area contributed by atoms with Crippen LogP contribution in [0.25, 0.3) is 5.69 Å². The number of benzene rings is 1. The van der Waals surface area contributed by atoms with Crippen molar-refractivity contribution < 1.29 is 9.47 Å². The molecule has 8 heteroatoms. The molecular formula is C21H20N6O2. The Kier molecular flexibility index (Phi) is 3.68. The lowest BCUT2D eigenvalue weighted by Gasteiger charge is -2.19. The summed E-state index contributed by atoms with van der Waals surface area (Å²) < 4.78 is 15.2. The van der Waals surface area contributed by atoms with Gasteiger partial charge in [0.15, 0.2) is 23.1 Å². The summed E-state index contributed by atoms with van der Waals surface area (Å²) in [4.78, 5) is 12.4. The van der Waals surface area contributed by atoms with Gasteiger partial charge in [-0.2, -0.15) is 5.10 Å². The summed E-state index contributed by atoms with van der Waals surface area (Å²) in [7, 11) is 0. The van der Waals surface area contributed by atoms with E-state index in [0.29, 0.717) is 5.92 Å². The van der Waals surface area contributed by atoms with Crippen molar-refractivity contribution in [2.75, 3.05) is 6.79 Å². The topological polar surface area (TPSA) is 82.8 Å². The van der Waals surface area contributed by atoms with Gasteiger partial charge < -0.3 is 19.0 Å². The van der Waals surface area contributed by atoms with Crippen molar-refractivity contribution in [2.45, 2.75) is 31.2 Å². The van der Waals surface area contributed by atoms with Crippen molar-refractivity contribution in [3.05, 3.63) is 72.6 Å². The molecule has 0 saturated heterocycles. The Hall–Kier alpha value is -3.55. The van der Waals surface area contributed by atoms with E-state index in [4.69, 9.17) is 19.6 Å². The van der Waals surface area contributed by atoms with Crippen LogP contribution in [-0.2, 0) is 6.42 Å². The second-order valence-corrected chi connectivity index (χ2v) is 7.48. The van der Waals surface area contributed by atoms with Crippen LogP contribution in [-0.4, -0.2) is 36.1 Å². The predicted molar refractivity (Wildman–Crippen MR) is 104 cm³/mol. The average molecular weight is 388 g/mol. The molecule has 1 aliphatic heterocycles. The summed E-state index contributed by atoms with van der Waals surface area (Å²) in [6, 6.07) is 9.95. The molecular weight excluding hydrogens is 368 g/mol. The zero-order chi connectivity index (χ0) is 19.2. The molecule has 0 amide bonds. The summed E-state index contributed by atoms with van der Waals surface area (Å²) in [6.07, 6.45) is 10.7. The number of aromatic amines is 1. The molecule has 0 radical (unpaired) electrons. The monoisotopic (exact) mass is 388 g/mol. The SMILES string of the molecule is c1ccn(C(Cc2cnc[nH]2)c2nc(C3CC3)nn2-c2ccc3c(c2)OCO3)c1. The molecule has 1 aliphatic carbocycles. The Morgan fingerprint density at radius 2 is 2.00 bits per heavy atom. The highest BCUT2D eigenvalue weighted by molar-refractivity contribution is 5.50. The van der Waals surface area contributed by atoms with Gasteiger partial charge >= 0.3 is 0 Å². The third kappa shape index (κ3) is 2.97. The summed E-state index contributed by atoms with van der Waals surface area (Å²) in [5, 5.41) is 4.90. The van der Waals surface area contributed by atoms with Gasteiger partial charge in [-0.1, -0.05) is 0 Å². The number of nitrogens with zero attached hydrogens (tertiary/aromatic N) is 5. The number of imidazole rings is 1. The number of fused-ring (bicyclic) bond motifs is 1. The number of hydrogen-bond acceptors (Lipinski definition) is 5. The lowest BCUT2D eigenvalue weighted by Crippen LogP contribution is -2.18. The molecule has 0 spiro atoms. The normalized spacial score (nSPS) is 16.3. The molecule has 1 unspecified atom stereocenters. The minimum absolute atomic E-state index is 0.0177. The third-order valence-electron chi connectivity index (χ3n) is 5.45. The number of hydrogen-bond donors (Lipinski definition) is 1. The fourth-order valence-electron chi connectivity index (χ4n) is 3.77. The van der Waals surface area contributed by atoms with Crippen LogP contribution in [0.15, 0.2) is 55.2 Å². The Morgan fingerprint density at radius 3 is 2.79 bits per heavy atom. The molecule has 1 aromatic carbocycles. The quantitative estimate of drug-likeness (QED) is 0.548. The molecule has 4 heterocycles. The van der Waals surface area contributed by atoms with Crippen molar-refractivity contribution >= 4 is 0 Å². The number of nitrogens with one attached hydrogen (secondary N) is 1. The molecule has 146 valence electrons. The number of aromatic nitrogens is 6. The van der Waals surface area contributed by atoms with Gasteiger partial charge in [0.2, 0.25) is 6.79 Å². The third-order valence-corrected chi connectivity index (χ3v) is 5.45. The van der Waals surface area contributed by atoms with E-state index < -0.39 is 0 Å². The van der Waals surface area contributed by atoms with Gasteiger partial charge in [0, 0.05) is 42.7 Å². The molecule has 1 N–H and O–H groups in total. The summed E-state index contributed by atoms with van der Waals surface area (Å²) in [5.41, 5.74) is 1.97. The smallest absolute Gasteiger partial charge is 0.231 e. The maximum Gasteiger partial charge on any atom is 0.231 e. The molecule has 8 nitrogen and oxygen atoms in total. The first-order chi connectivity index (χ1) is 14.3. The molecule has 3 aromatic heterocycles. The number of ether oxygens (including phenoxy) is 2. The standard InChI is InChI=1S/C21H20N6O2/c1-2-8-26(7-1)17(9-15-11-22-12-23-15)21-24-20(14-3-4-14)25-27(21)16-5-6-18-19(10-16)29-13-28-18/h1-2,5-8,10-12,14,17H,3-4,9,13H2,(H,22,23). The maximum absolute atomic E-state index is 5.58. The van der Waals surface area contributed by atoms with Crippen LogP contribution >= 0.6 is 0 Å². The largest absolute Gasteiger partial charge is 0.454 e. The fraction of sp³-hybridized carbons (Fsp3) is 0.286. The van der Waals surface area contributed by atoms with E-state index >= 15 is 0 Å². The minimum Gasteiger partial charge on any atom is -0.454 e. The van der Waals surface area contributed by atoms with E-state index in [1.54, 1.807) is 6.33 Å². The van der Waals surface area contributed by atoms with Crippen molar-refractivity contribution in [2.24, 2.45) is 0 Å². The van der Waals surface area contributed by atoms with Gasteiger partial charge in [-0.25, -0.2) is 14.6 Å². The first-order valence-electron chi connectivity index (χ1n) is 9.82. The maximum atomic E-state index is 5.58. The lowest BCUT2D eigenvalue weighted by atomic mass is 10.1. The van der Waals surface area contributed by atoms with Crippen LogP contribution < -0.4 is 9.47 Å². The van der Waals surface area contributed by atoms with E-state index in [9.17, 15) is 0 Å². The average Bonchev–Trinajstić information content (AvgIpc) is 3.25. The second kappa shape index (κ2) is 6.51. The van der Waals surface area contributed by atoms with E-state index in [1.165, 1.54) is 0 Å². The van der Waals surface area contributed by atoms with Crippen LogP contribution in [0.4, 0.5) is 0 Å². The van der Waals surface area contributed by atoms with Gasteiger partial charge in [0.25, 0.3) is 0 Å². The Labute approximate surface area is 167 Å². The van der Waals surface area contributed by atoms with Crippen LogP contribution in [0.5, 0.6) is 11.5 Å². The van der Waals surface area contributed by atoms with Gasteiger partial charge in [-0.15, -0.1) is 0 Å². The molecule has 1 fully saturated rings. The van der Waals surface area contributed by atoms with E-state index in [0.717, 1.165) is 53.8 Å². The van der Waals surface area contributed by atoms with Crippen molar-refractivity contribution in [3.63, 3.8) is 0 Å². The van der Waals surface area contributed by atoms with E-state index in [-0.39, 0.29) is 12.8 Å². The van der Waals surface area contributed by atoms with Crippen LogP contribution in [0.3, 0.4) is 0 Å². The zero-order valence-electron chi connectivity index (χ0n) is 15.7. The van der Waals surface area contributed by atoms with E-state index in [1.807, 2.05) is 41.2 Å². The molecule has 0 bridgehead atoms. The minimum atomic E-state index is -0.0177. The van der Waals surface area contributed by atoms with Crippen LogP contribution in [0, 0.1) is 0 Å². The molecule has 4 aromatic rings. The highest BCUT2D eigenvalue weighted by atomic mass is 16.7. The number of rotatable bonds is 6. The first-order valence-corrected chi connectivity index (χ1v) is 9.82.